The van der Waals surface area contributed by atoms with Gasteiger partial charge in [-0.1, -0.05) is 0 Å². The minimum atomic E-state index is -0.723. The van der Waals surface area contributed by atoms with Gasteiger partial charge in [0.15, 0.2) is 0 Å². The Hall–Kier alpha value is -4.40. The highest BCUT2D eigenvalue weighted by Gasteiger charge is 2.23. The molecule has 1 heterocycles. The van der Waals surface area contributed by atoms with Crippen LogP contribution in [0.1, 0.15) is 13.3 Å². The number of non-ortho nitro benzene ring substituents is 2. The first-order valence-corrected chi connectivity index (χ1v) is 8.89. The smallest absolute Gasteiger partial charge is 0.301 e. The molecule has 1 N–H and O–H groups in total. The summed E-state index contributed by atoms with van der Waals surface area (Å²) in [7, 11) is 0. The summed E-state index contributed by atoms with van der Waals surface area (Å²) in [6.07, 6.45) is 0.416. The summed E-state index contributed by atoms with van der Waals surface area (Å²) in [5, 5.41) is 45.6. The van der Waals surface area contributed by atoms with E-state index in [2.05, 4.69) is 26.5 Å². The molecule has 30 heavy (non-hydrogen) atoms. The molecule has 2 aromatic carbocycles. The highest BCUT2D eigenvalue weighted by molar-refractivity contribution is 5.96. The number of rotatable bonds is 8. The fourth-order valence-electron chi connectivity index (χ4n) is 2.89. The predicted octanol–water partition coefficient (Wildman–Crippen LogP) is 4.53. The predicted molar refractivity (Wildman–Crippen MR) is 108 cm³/mol. The fourth-order valence-corrected chi connectivity index (χ4v) is 2.89. The molecular weight excluding hydrogens is 392 g/mol. The first-order valence-electron chi connectivity index (χ1n) is 8.89. The van der Waals surface area contributed by atoms with Crippen LogP contribution in [0.25, 0.3) is 10.9 Å². The van der Waals surface area contributed by atoms with Gasteiger partial charge in [0.1, 0.15) is 5.52 Å². The Morgan fingerprint density at radius 3 is 2.50 bits per heavy atom. The summed E-state index contributed by atoms with van der Waals surface area (Å²) in [5.41, 5.74) is 0.572. The van der Waals surface area contributed by atoms with E-state index in [1.54, 1.807) is 12.1 Å². The molecule has 0 saturated carbocycles. The van der Waals surface area contributed by atoms with Crippen LogP contribution in [0.15, 0.2) is 46.6 Å². The number of nitrogens with one attached hydrogen (secondary N) is 1. The molecule has 12 nitrogen and oxygen atoms in total. The van der Waals surface area contributed by atoms with E-state index in [9.17, 15) is 20.2 Å². The number of nitrogens with zero attached hydrogens (tertiary/aromatic N) is 7. The van der Waals surface area contributed by atoms with Crippen LogP contribution >= 0.6 is 0 Å². The van der Waals surface area contributed by atoms with E-state index in [1.165, 1.54) is 0 Å². The summed E-state index contributed by atoms with van der Waals surface area (Å²) >= 11 is 0. The number of aromatic nitrogens is 2. The van der Waals surface area contributed by atoms with Gasteiger partial charge in [0.25, 0.3) is 5.69 Å². The van der Waals surface area contributed by atoms with Crippen molar-refractivity contribution in [3.05, 3.63) is 56.6 Å². The van der Waals surface area contributed by atoms with Gasteiger partial charge >= 0.3 is 5.69 Å². The number of azo groups is 1. The summed E-state index contributed by atoms with van der Waals surface area (Å²) in [6.45, 7) is 3.36. The molecule has 1 aromatic heterocycles. The third-order valence-corrected chi connectivity index (χ3v) is 4.37. The highest BCUT2D eigenvalue weighted by atomic mass is 16.6. The number of fused-ring (bicyclic) bond motifs is 1. The van der Waals surface area contributed by atoms with Crippen molar-refractivity contribution < 1.29 is 9.85 Å². The number of nitriles is 1. The van der Waals surface area contributed by atoms with E-state index in [-0.39, 0.29) is 16.7 Å². The van der Waals surface area contributed by atoms with Crippen molar-refractivity contribution in [1.82, 2.24) is 10.2 Å². The van der Waals surface area contributed by atoms with Gasteiger partial charge in [0, 0.05) is 24.8 Å². The maximum atomic E-state index is 11.2. The molecule has 0 fully saturated rings. The maximum absolute atomic E-state index is 11.2. The van der Waals surface area contributed by atoms with Crippen molar-refractivity contribution in [1.29, 1.82) is 5.26 Å². The molecule has 0 aliphatic rings. The van der Waals surface area contributed by atoms with E-state index < -0.39 is 21.2 Å². The van der Waals surface area contributed by atoms with E-state index in [4.69, 9.17) is 5.26 Å². The molecular formula is C18H16N8O4. The van der Waals surface area contributed by atoms with Gasteiger partial charge in [0.05, 0.1) is 39.5 Å². The first kappa shape index (κ1) is 20.3. The first-order chi connectivity index (χ1) is 14.4. The molecule has 3 aromatic rings. The number of nitro groups is 2. The van der Waals surface area contributed by atoms with Gasteiger partial charge in [-0.25, -0.2) is 0 Å². The van der Waals surface area contributed by atoms with Crippen LogP contribution < -0.4 is 4.90 Å². The lowest BCUT2D eigenvalue weighted by Crippen LogP contribution is -2.23. The topological polar surface area (TPSA) is 167 Å². The number of aromatic amines is 1. The van der Waals surface area contributed by atoms with Gasteiger partial charge in [-0.05, 0) is 31.2 Å². The SMILES string of the molecule is CCN(CCC#N)c1ccc(N=Nc2n[nH]c3c([N+](=O)[O-])cc([N+](=O)[O-])cc23)cc1. The number of anilines is 1. The fraction of sp³-hybridized carbons (Fsp3) is 0.222. The zero-order valence-electron chi connectivity index (χ0n) is 15.8. The Kier molecular flexibility index (Phi) is 5.92. The van der Waals surface area contributed by atoms with Crippen LogP contribution in [-0.2, 0) is 0 Å². The van der Waals surface area contributed by atoms with Crippen LogP contribution in [0.2, 0.25) is 0 Å². The number of benzene rings is 2. The number of nitro benzene ring substituents is 2. The Balaban J connectivity index is 1.90. The monoisotopic (exact) mass is 408 g/mol. The minimum absolute atomic E-state index is 0.00471. The lowest BCUT2D eigenvalue weighted by molar-refractivity contribution is -0.393. The van der Waals surface area contributed by atoms with Crippen LogP contribution in [0.3, 0.4) is 0 Å². The van der Waals surface area contributed by atoms with Gasteiger partial charge in [0.2, 0.25) is 5.82 Å². The van der Waals surface area contributed by atoms with Crippen molar-refractivity contribution in [2.75, 3.05) is 18.0 Å². The van der Waals surface area contributed by atoms with E-state index in [0.717, 1.165) is 24.4 Å². The van der Waals surface area contributed by atoms with Crippen molar-refractivity contribution in [3.8, 4) is 6.07 Å². The Bertz CT molecular complexity index is 1160. The Morgan fingerprint density at radius 1 is 1.17 bits per heavy atom. The normalized spacial score (nSPS) is 10.9. The molecule has 0 aliphatic heterocycles. The third-order valence-electron chi connectivity index (χ3n) is 4.37. The van der Waals surface area contributed by atoms with Gasteiger partial charge in [-0.15, -0.1) is 10.2 Å². The molecule has 12 heteroatoms. The molecule has 0 amide bonds. The summed E-state index contributed by atoms with van der Waals surface area (Å²) in [5.74, 6) is 0.00471. The van der Waals surface area contributed by atoms with Crippen LogP contribution in [0.4, 0.5) is 28.6 Å². The Labute approximate surface area is 169 Å². The van der Waals surface area contributed by atoms with E-state index >= 15 is 0 Å². The lowest BCUT2D eigenvalue weighted by atomic mass is 10.2. The lowest BCUT2D eigenvalue weighted by Gasteiger charge is -2.21. The second kappa shape index (κ2) is 8.74. The van der Waals surface area contributed by atoms with E-state index in [1.807, 2.05) is 24.0 Å². The highest BCUT2D eigenvalue weighted by Crippen LogP contribution is 2.35. The summed E-state index contributed by atoms with van der Waals surface area (Å²) in [6, 6.07) is 11.3. The Morgan fingerprint density at radius 2 is 1.90 bits per heavy atom. The third kappa shape index (κ3) is 4.20. The number of H-pyrrole nitrogens is 1. The van der Waals surface area contributed by atoms with Crippen molar-refractivity contribution in [3.63, 3.8) is 0 Å². The number of hydrogen-bond donors (Lipinski definition) is 1. The maximum Gasteiger partial charge on any atom is 0.301 e. The second-order valence-electron chi connectivity index (χ2n) is 6.15. The average Bonchev–Trinajstić information content (AvgIpc) is 3.15. The van der Waals surface area contributed by atoms with Gasteiger partial charge in [-0.2, -0.15) is 10.4 Å². The van der Waals surface area contributed by atoms with Gasteiger partial charge in [-0.3, -0.25) is 25.3 Å². The van der Waals surface area contributed by atoms with Crippen molar-refractivity contribution in [2.45, 2.75) is 13.3 Å². The molecule has 3 rings (SSSR count). The molecule has 0 aliphatic carbocycles. The van der Waals surface area contributed by atoms with E-state index in [0.29, 0.717) is 18.7 Å². The largest absolute Gasteiger partial charge is 0.371 e. The quantitative estimate of drug-likeness (QED) is 0.324. The van der Waals surface area contributed by atoms with Gasteiger partial charge < -0.3 is 4.90 Å². The molecule has 0 radical (unpaired) electrons. The standard InChI is InChI=1S/C18H16N8O4/c1-2-24(9-3-8-19)13-6-4-12(5-7-13)20-22-18-15-10-14(25(27)28)11-16(26(29)30)17(15)21-23-18/h4-7,10-11H,2-3,9H2,1H3,(H,21,23). The summed E-state index contributed by atoms with van der Waals surface area (Å²) < 4.78 is 0. The molecule has 0 saturated heterocycles. The minimum Gasteiger partial charge on any atom is -0.371 e. The van der Waals surface area contributed by atoms with Crippen molar-refractivity contribution >= 4 is 39.5 Å². The second-order valence-corrected chi connectivity index (χ2v) is 6.15. The van der Waals surface area contributed by atoms with Crippen molar-refractivity contribution in [2.24, 2.45) is 10.2 Å². The molecule has 0 unspecified atom stereocenters. The average molecular weight is 408 g/mol. The molecule has 152 valence electrons. The molecule has 0 spiro atoms. The number of hydrogen-bond acceptors (Lipinski definition) is 9. The van der Waals surface area contributed by atoms with Crippen LogP contribution in [0.5, 0.6) is 0 Å². The molecule has 0 bridgehead atoms. The molecule has 0 atom stereocenters. The zero-order valence-corrected chi connectivity index (χ0v) is 15.8. The van der Waals surface area contributed by atoms with Crippen LogP contribution in [-0.4, -0.2) is 33.1 Å². The zero-order chi connectivity index (χ0) is 21.7. The van der Waals surface area contributed by atoms with Crippen LogP contribution in [0, 0.1) is 31.6 Å². The summed E-state index contributed by atoms with van der Waals surface area (Å²) in [4.78, 5) is 22.9.